The molecule has 1 aromatic carbocycles. The molecule has 0 radical (unpaired) electrons. The van der Waals surface area contributed by atoms with Gasteiger partial charge < -0.3 is 14.7 Å². The molecule has 1 heterocycles. The summed E-state index contributed by atoms with van der Waals surface area (Å²) in [6.07, 6.45) is -0.810. The lowest BCUT2D eigenvalue weighted by molar-refractivity contribution is -0.139. The number of ether oxygens (including phenoxy) is 1. The van der Waals surface area contributed by atoms with E-state index in [4.69, 9.17) is 9.84 Å². The SMILES string of the molecule is CC(C)(C)OC(=O)N(CC(=O)O)CC(=O)N1Cc2ccccc2C1. The summed E-state index contributed by atoms with van der Waals surface area (Å²) >= 11 is 0. The Kier molecular flexibility index (Phi) is 5.11. The van der Waals surface area contributed by atoms with E-state index in [9.17, 15) is 14.4 Å². The van der Waals surface area contributed by atoms with Crippen LogP contribution in [0, 0.1) is 0 Å². The second-order valence-corrected chi connectivity index (χ2v) is 6.75. The molecule has 1 N–H and O–H groups in total. The Morgan fingerprint density at radius 3 is 2.12 bits per heavy atom. The number of hydrogen-bond donors (Lipinski definition) is 1. The van der Waals surface area contributed by atoms with Gasteiger partial charge in [0.05, 0.1) is 0 Å². The van der Waals surface area contributed by atoms with Crippen LogP contribution >= 0.6 is 0 Å². The van der Waals surface area contributed by atoms with Gasteiger partial charge in [-0.3, -0.25) is 14.5 Å². The molecule has 24 heavy (non-hydrogen) atoms. The second kappa shape index (κ2) is 6.90. The molecule has 1 aliphatic heterocycles. The van der Waals surface area contributed by atoms with E-state index in [2.05, 4.69) is 0 Å². The van der Waals surface area contributed by atoms with Crippen LogP contribution in [0.4, 0.5) is 4.79 Å². The van der Waals surface area contributed by atoms with Crippen molar-refractivity contribution in [2.24, 2.45) is 0 Å². The fraction of sp³-hybridized carbons (Fsp3) is 0.471. The first-order valence-corrected chi connectivity index (χ1v) is 7.70. The number of carbonyl (C=O) groups is 3. The average Bonchev–Trinajstić information content (AvgIpc) is 2.88. The summed E-state index contributed by atoms with van der Waals surface area (Å²) in [5.74, 6) is -1.50. The molecule has 1 aliphatic rings. The molecule has 0 fully saturated rings. The lowest BCUT2D eigenvalue weighted by Gasteiger charge is -2.27. The Bertz CT molecular complexity index is 626. The van der Waals surface area contributed by atoms with Crippen molar-refractivity contribution in [2.45, 2.75) is 39.5 Å². The molecule has 0 atom stereocenters. The van der Waals surface area contributed by atoms with E-state index in [1.165, 1.54) is 0 Å². The molecule has 7 nitrogen and oxygen atoms in total. The van der Waals surface area contributed by atoms with Crippen molar-refractivity contribution in [2.75, 3.05) is 13.1 Å². The summed E-state index contributed by atoms with van der Waals surface area (Å²) < 4.78 is 5.18. The minimum absolute atomic E-state index is 0.307. The lowest BCUT2D eigenvalue weighted by atomic mass is 10.1. The lowest BCUT2D eigenvalue weighted by Crippen LogP contribution is -2.45. The van der Waals surface area contributed by atoms with Gasteiger partial charge in [0.25, 0.3) is 0 Å². The smallest absolute Gasteiger partial charge is 0.411 e. The number of nitrogens with zero attached hydrogens (tertiary/aromatic N) is 2. The summed E-state index contributed by atoms with van der Waals surface area (Å²) in [7, 11) is 0. The molecule has 0 aromatic heterocycles. The summed E-state index contributed by atoms with van der Waals surface area (Å²) in [4.78, 5) is 38.1. The van der Waals surface area contributed by atoms with Crippen molar-refractivity contribution in [1.29, 1.82) is 0 Å². The van der Waals surface area contributed by atoms with Crippen LogP contribution in [-0.4, -0.2) is 51.6 Å². The molecule has 0 aliphatic carbocycles. The van der Waals surface area contributed by atoms with Crippen LogP contribution in [0.15, 0.2) is 24.3 Å². The fourth-order valence-corrected chi connectivity index (χ4v) is 2.45. The third-order valence-electron chi connectivity index (χ3n) is 3.50. The van der Waals surface area contributed by atoms with Gasteiger partial charge in [-0.05, 0) is 31.9 Å². The van der Waals surface area contributed by atoms with Crippen LogP contribution in [0.3, 0.4) is 0 Å². The van der Waals surface area contributed by atoms with Crippen LogP contribution in [0.2, 0.25) is 0 Å². The van der Waals surface area contributed by atoms with Crippen molar-refractivity contribution in [3.63, 3.8) is 0 Å². The normalized spacial score (nSPS) is 13.4. The van der Waals surface area contributed by atoms with Crippen LogP contribution in [-0.2, 0) is 27.4 Å². The highest BCUT2D eigenvalue weighted by Crippen LogP contribution is 2.22. The van der Waals surface area contributed by atoms with Gasteiger partial charge in [-0.15, -0.1) is 0 Å². The zero-order valence-corrected chi connectivity index (χ0v) is 14.1. The minimum Gasteiger partial charge on any atom is -0.480 e. The van der Waals surface area contributed by atoms with Gasteiger partial charge in [-0.2, -0.15) is 0 Å². The Labute approximate surface area is 140 Å². The number of carbonyl (C=O) groups excluding carboxylic acids is 2. The van der Waals surface area contributed by atoms with E-state index in [0.29, 0.717) is 13.1 Å². The van der Waals surface area contributed by atoms with E-state index >= 15 is 0 Å². The molecule has 0 unspecified atom stereocenters. The Morgan fingerprint density at radius 1 is 1.12 bits per heavy atom. The topological polar surface area (TPSA) is 87.1 Å². The molecule has 0 saturated heterocycles. The maximum Gasteiger partial charge on any atom is 0.411 e. The maximum atomic E-state index is 12.5. The van der Waals surface area contributed by atoms with Crippen molar-refractivity contribution in [3.05, 3.63) is 35.4 Å². The monoisotopic (exact) mass is 334 g/mol. The van der Waals surface area contributed by atoms with Crippen molar-refractivity contribution in [1.82, 2.24) is 9.80 Å². The van der Waals surface area contributed by atoms with Crippen LogP contribution < -0.4 is 0 Å². The largest absolute Gasteiger partial charge is 0.480 e. The van der Waals surface area contributed by atoms with E-state index in [0.717, 1.165) is 16.0 Å². The molecule has 0 spiro atoms. The van der Waals surface area contributed by atoms with Crippen molar-refractivity contribution < 1.29 is 24.2 Å². The molecular weight excluding hydrogens is 312 g/mol. The molecule has 0 bridgehead atoms. The highest BCUT2D eigenvalue weighted by Gasteiger charge is 2.29. The number of rotatable bonds is 4. The van der Waals surface area contributed by atoms with E-state index in [1.54, 1.807) is 25.7 Å². The summed E-state index contributed by atoms with van der Waals surface area (Å²) in [5, 5.41) is 8.98. The first-order valence-electron chi connectivity index (χ1n) is 7.70. The van der Waals surface area contributed by atoms with E-state index in [1.807, 2.05) is 24.3 Å². The highest BCUT2D eigenvalue weighted by atomic mass is 16.6. The predicted octanol–water partition coefficient (Wildman–Crippen LogP) is 1.85. The fourth-order valence-electron chi connectivity index (χ4n) is 2.45. The third kappa shape index (κ3) is 4.71. The standard InChI is InChI=1S/C17H22N2O5/c1-17(2,3)24-16(23)19(11-15(21)22)10-14(20)18-8-12-6-4-5-7-13(12)9-18/h4-7H,8-11H2,1-3H3,(H,21,22). The number of benzene rings is 1. The molecule has 2 amide bonds. The number of carboxylic acid groups (broad SMARTS) is 1. The van der Waals surface area contributed by atoms with Crippen LogP contribution in [0.25, 0.3) is 0 Å². The van der Waals surface area contributed by atoms with Gasteiger partial charge in [0, 0.05) is 13.1 Å². The molecule has 130 valence electrons. The molecular formula is C17H22N2O5. The molecule has 0 saturated carbocycles. The first-order chi connectivity index (χ1) is 11.2. The maximum absolute atomic E-state index is 12.5. The Balaban J connectivity index is 2.03. The average molecular weight is 334 g/mol. The minimum atomic E-state index is -1.20. The number of carboxylic acids is 1. The Morgan fingerprint density at radius 2 is 1.67 bits per heavy atom. The summed E-state index contributed by atoms with van der Waals surface area (Å²) in [6.45, 7) is 5.07. The van der Waals surface area contributed by atoms with Gasteiger partial charge in [0.1, 0.15) is 18.7 Å². The highest BCUT2D eigenvalue weighted by molar-refractivity contribution is 5.85. The third-order valence-corrected chi connectivity index (χ3v) is 3.50. The Hall–Kier alpha value is -2.57. The van der Waals surface area contributed by atoms with Crippen molar-refractivity contribution >= 4 is 18.0 Å². The summed E-state index contributed by atoms with van der Waals surface area (Å²) in [5.41, 5.74) is 1.36. The predicted molar refractivity (Wildman–Crippen MR) is 86.1 cm³/mol. The zero-order valence-electron chi connectivity index (χ0n) is 14.1. The molecule has 7 heteroatoms. The van der Waals surface area contributed by atoms with Gasteiger partial charge >= 0.3 is 12.1 Å². The zero-order chi connectivity index (χ0) is 17.9. The van der Waals surface area contributed by atoms with Gasteiger partial charge in [0.2, 0.25) is 5.91 Å². The van der Waals surface area contributed by atoms with Crippen molar-refractivity contribution in [3.8, 4) is 0 Å². The number of fused-ring (bicyclic) bond motifs is 1. The molecule has 1 aromatic rings. The van der Waals surface area contributed by atoms with Crippen LogP contribution in [0.1, 0.15) is 31.9 Å². The van der Waals surface area contributed by atoms with Gasteiger partial charge in [-0.1, -0.05) is 24.3 Å². The quantitative estimate of drug-likeness (QED) is 0.908. The van der Waals surface area contributed by atoms with Gasteiger partial charge in [-0.25, -0.2) is 4.79 Å². The second-order valence-electron chi connectivity index (χ2n) is 6.75. The number of amides is 2. The van der Waals surface area contributed by atoms with E-state index in [-0.39, 0.29) is 12.5 Å². The number of hydrogen-bond acceptors (Lipinski definition) is 4. The molecule has 2 rings (SSSR count). The first kappa shape index (κ1) is 17.8. The summed E-state index contributed by atoms with van der Waals surface area (Å²) in [6, 6.07) is 7.71. The number of aliphatic carboxylic acids is 1. The van der Waals surface area contributed by atoms with Gasteiger partial charge in [0.15, 0.2) is 0 Å². The van der Waals surface area contributed by atoms with E-state index < -0.39 is 24.2 Å². The van der Waals surface area contributed by atoms with Crippen LogP contribution in [0.5, 0.6) is 0 Å².